The fourth-order valence-electron chi connectivity index (χ4n) is 2.52. The van der Waals surface area contributed by atoms with Crippen LogP contribution >= 0.6 is 0 Å². The van der Waals surface area contributed by atoms with Crippen LogP contribution in [0.3, 0.4) is 0 Å². The third kappa shape index (κ3) is 2.82. The lowest BCUT2D eigenvalue weighted by molar-refractivity contribution is -0.00538. The summed E-state index contributed by atoms with van der Waals surface area (Å²) in [5, 5.41) is 9.77. The Morgan fingerprint density at radius 3 is 2.50 bits per heavy atom. The molecule has 3 nitrogen and oxygen atoms in total. The fraction of sp³-hybridized carbons (Fsp3) is 0.571. The van der Waals surface area contributed by atoms with Crippen molar-refractivity contribution in [3.8, 4) is 0 Å². The van der Waals surface area contributed by atoms with E-state index >= 15 is 0 Å². The lowest BCUT2D eigenvalue weighted by atomic mass is 10.1. The van der Waals surface area contributed by atoms with Gasteiger partial charge in [-0.2, -0.15) is 0 Å². The summed E-state index contributed by atoms with van der Waals surface area (Å²) in [6.07, 6.45) is -0.398. The molecule has 1 aromatic carbocycles. The third-order valence-corrected chi connectivity index (χ3v) is 3.20. The van der Waals surface area contributed by atoms with Crippen molar-refractivity contribution >= 4 is 5.69 Å². The minimum absolute atomic E-state index is 0.139. The average Bonchev–Trinajstić information content (AvgIpc) is 2.27. The monoisotopic (exact) mass is 253 g/mol. The van der Waals surface area contributed by atoms with Crippen molar-refractivity contribution in [1.82, 2.24) is 0 Å². The zero-order valence-corrected chi connectivity index (χ0v) is 11.1. The Morgan fingerprint density at radius 1 is 1.33 bits per heavy atom. The Hall–Kier alpha value is -1.13. The molecule has 2 rings (SSSR count). The number of halogens is 1. The van der Waals surface area contributed by atoms with Gasteiger partial charge in [0.25, 0.3) is 0 Å². The molecule has 18 heavy (non-hydrogen) atoms. The molecule has 100 valence electrons. The summed E-state index contributed by atoms with van der Waals surface area (Å²) in [6, 6.07) is 4.58. The maximum Gasteiger partial charge on any atom is 0.123 e. The maximum atomic E-state index is 13.3. The largest absolute Gasteiger partial charge is 0.389 e. The van der Waals surface area contributed by atoms with Gasteiger partial charge in [0.15, 0.2) is 0 Å². The maximum absolute atomic E-state index is 13.3. The van der Waals surface area contributed by atoms with Gasteiger partial charge in [0.1, 0.15) is 5.82 Å². The van der Waals surface area contributed by atoms with Crippen LogP contribution in [0.5, 0.6) is 0 Å². The summed E-state index contributed by atoms with van der Waals surface area (Å²) in [4.78, 5) is 2.15. The third-order valence-electron chi connectivity index (χ3n) is 3.20. The molecule has 0 unspecified atom stereocenters. The van der Waals surface area contributed by atoms with Crippen LogP contribution < -0.4 is 4.90 Å². The molecular formula is C14H20FNO2. The SMILES string of the molecule is C[C@@H]1CN(c2ccc(F)cc2[C@H](C)O)C[C@H](C)O1. The second-order valence-electron chi connectivity index (χ2n) is 5.04. The van der Waals surface area contributed by atoms with E-state index < -0.39 is 6.10 Å². The molecule has 0 amide bonds. The van der Waals surface area contributed by atoms with Crippen LogP contribution in [-0.2, 0) is 4.74 Å². The van der Waals surface area contributed by atoms with Gasteiger partial charge in [0.05, 0.1) is 18.3 Å². The number of aliphatic hydroxyl groups excluding tert-OH is 1. The van der Waals surface area contributed by atoms with Gasteiger partial charge in [-0.15, -0.1) is 0 Å². The molecule has 0 spiro atoms. The summed E-state index contributed by atoms with van der Waals surface area (Å²) >= 11 is 0. The molecule has 0 aliphatic carbocycles. The summed E-state index contributed by atoms with van der Waals surface area (Å²) in [5.74, 6) is -0.316. The van der Waals surface area contributed by atoms with Crippen molar-refractivity contribution in [1.29, 1.82) is 0 Å². The first kappa shape index (κ1) is 13.3. The zero-order chi connectivity index (χ0) is 13.3. The first-order chi connectivity index (χ1) is 8.47. The van der Waals surface area contributed by atoms with Crippen molar-refractivity contribution in [3.63, 3.8) is 0 Å². The van der Waals surface area contributed by atoms with Crippen LogP contribution in [0, 0.1) is 5.82 Å². The quantitative estimate of drug-likeness (QED) is 0.879. The van der Waals surface area contributed by atoms with E-state index in [0.717, 1.165) is 18.8 Å². The molecule has 1 aliphatic heterocycles. The van der Waals surface area contributed by atoms with Crippen LogP contribution in [0.1, 0.15) is 32.4 Å². The van der Waals surface area contributed by atoms with Gasteiger partial charge in [-0.25, -0.2) is 4.39 Å². The molecule has 3 atom stereocenters. The Bertz CT molecular complexity index is 412. The summed E-state index contributed by atoms with van der Waals surface area (Å²) in [7, 11) is 0. The molecule has 0 aromatic heterocycles. The van der Waals surface area contributed by atoms with Crippen molar-refractivity contribution in [2.75, 3.05) is 18.0 Å². The van der Waals surface area contributed by atoms with Gasteiger partial charge in [0.2, 0.25) is 0 Å². The van der Waals surface area contributed by atoms with E-state index in [2.05, 4.69) is 4.90 Å². The van der Waals surface area contributed by atoms with E-state index in [-0.39, 0.29) is 18.0 Å². The topological polar surface area (TPSA) is 32.7 Å². The number of rotatable bonds is 2. The highest BCUT2D eigenvalue weighted by atomic mass is 19.1. The van der Waals surface area contributed by atoms with Gasteiger partial charge in [-0.1, -0.05) is 0 Å². The first-order valence-electron chi connectivity index (χ1n) is 6.35. The number of ether oxygens (including phenoxy) is 1. The predicted molar refractivity (Wildman–Crippen MR) is 69.3 cm³/mol. The highest BCUT2D eigenvalue weighted by Crippen LogP contribution is 2.29. The average molecular weight is 253 g/mol. The molecule has 4 heteroatoms. The highest BCUT2D eigenvalue weighted by molar-refractivity contribution is 5.55. The lowest BCUT2D eigenvalue weighted by Crippen LogP contribution is -2.45. The highest BCUT2D eigenvalue weighted by Gasteiger charge is 2.24. The van der Waals surface area contributed by atoms with E-state index in [0.29, 0.717) is 5.56 Å². The minimum Gasteiger partial charge on any atom is -0.389 e. The lowest BCUT2D eigenvalue weighted by Gasteiger charge is -2.38. The summed E-state index contributed by atoms with van der Waals surface area (Å²) in [6.45, 7) is 7.22. The molecule has 1 saturated heterocycles. The normalized spacial score (nSPS) is 26.2. The second kappa shape index (κ2) is 5.24. The van der Waals surface area contributed by atoms with E-state index in [4.69, 9.17) is 4.74 Å². The number of hydrogen-bond donors (Lipinski definition) is 1. The molecule has 0 radical (unpaired) electrons. The molecule has 1 aromatic rings. The van der Waals surface area contributed by atoms with Crippen LogP contribution in [0.15, 0.2) is 18.2 Å². The Kier molecular flexibility index (Phi) is 3.88. The molecule has 0 bridgehead atoms. The molecule has 1 aliphatic rings. The van der Waals surface area contributed by atoms with Crippen molar-refractivity contribution in [3.05, 3.63) is 29.6 Å². The Labute approximate surface area is 107 Å². The number of hydrogen-bond acceptors (Lipinski definition) is 3. The number of benzene rings is 1. The van der Waals surface area contributed by atoms with E-state index in [1.165, 1.54) is 12.1 Å². The number of aliphatic hydroxyl groups is 1. The number of anilines is 1. The van der Waals surface area contributed by atoms with Crippen LogP contribution in [0.4, 0.5) is 10.1 Å². The van der Waals surface area contributed by atoms with Gasteiger partial charge < -0.3 is 14.7 Å². The van der Waals surface area contributed by atoms with E-state index in [9.17, 15) is 9.50 Å². The molecular weight excluding hydrogens is 233 g/mol. The van der Waals surface area contributed by atoms with E-state index in [1.807, 2.05) is 13.8 Å². The zero-order valence-electron chi connectivity index (χ0n) is 11.1. The number of morpholine rings is 1. The second-order valence-corrected chi connectivity index (χ2v) is 5.04. The van der Waals surface area contributed by atoms with Gasteiger partial charge in [-0.3, -0.25) is 0 Å². The van der Waals surface area contributed by atoms with Gasteiger partial charge in [-0.05, 0) is 39.0 Å². The van der Waals surface area contributed by atoms with Crippen molar-refractivity contribution in [2.24, 2.45) is 0 Å². The summed E-state index contributed by atoms with van der Waals surface area (Å²) in [5.41, 5.74) is 1.53. The standard InChI is InChI=1S/C14H20FNO2/c1-9-7-16(8-10(2)18-9)14-5-4-12(15)6-13(14)11(3)17/h4-6,9-11,17H,7-8H2,1-3H3/t9-,10+,11-/m0/s1. The fourth-order valence-corrected chi connectivity index (χ4v) is 2.52. The van der Waals surface area contributed by atoms with Crippen molar-refractivity contribution in [2.45, 2.75) is 39.1 Å². The molecule has 0 saturated carbocycles. The summed E-state index contributed by atoms with van der Waals surface area (Å²) < 4.78 is 19.0. The van der Waals surface area contributed by atoms with Gasteiger partial charge in [0, 0.05) is 24.3 Å². The van der Waals surface area contributed by atoms with Crippen LogP contribution in [-0.4, -0.2) is 30.4 Å². The Morgan fingerprint density at radius 2 is 1.94 bits per heavy atom. The van der Waals surface area contributed by atoms with Crippen molar-refractivity contribution < 1.29 is 14.2 Å². The molecule has 1 fully saturated rings. The van der Waals surface area contributed by atoms with Crippen LogP contribution in [0.25, 0.3) is 0 Å². The molecule has 1 N–H and O–H groups in total. The van der Waals surface area contributed by atoms with Crippen LogP contribution in [0.2, 0.25) is 0 Å². The molecule has 1 heterocycles. The smallest absolute Gasteiger partial charge is 0.123 e. The first-order valence-corrected chi connectivity index (χ1v) is 6.35. The predicted octanol–water partition coefficient (Wildman–Crippen LogP) is 2.49. The number of nitrogens with zero attached hydrogens (tertiary/aromatic N) is 1. The minimum atomic E-state index is -0.677. The Balaban J connectivity index is 2.32. The van der Waals surface area contributed by atoms with E-state index in [1.54, 1.807) is 13.0 Å². The van der Waals surface area contributed by atoms with Gasteiger partial charge >= 0.3 is 0 Å².